The van der Waals surface area contributed by atoms with E-state index in [2.05, 4.69) is 57.7 Å². The molecule has 2 nitrogen and oxygen atoms in total. The lowest BCUT2D eigenvalue weighted by atomic mass is 9.85. The summed E-state index contributed by atoms with van der Waals surface area (Å²) in [6, 6.07) is 7.00. The number of morpholine rings is 1. The molecule has 106 valence electrons. The first-order valence-electron chi connectivity index (χ1n) is 7.36. The second-order valence-corrected chi connectivity index (χ2v) is 6.78. The van der Waals surface area contributed by atoms with Crippen LogP contribution in [-0.2, 0) is 10.2 Å². The van der Waals surface area contributed by atoms with Crippen LogP contribution in [0, 0.1) is 0 Å². The van der Waals surface area contributed by atoms with Gasteiger partial charge in [0.25, 0.3) is 0 Å². The van der Waals surface area contributed by atoms with Gasteiger partial charge in [0, 0.05) is 18.8 Å². The van der Waals surface area contributed by atoms with Crippen LogP contribution in [0.25, 0.3) is 0 Å². The molecule has 1 aromatic carbocycles. The summed E-state index contributed by atoms with van der Waals surface area (Å²) in [6.45, 7) is 15.1. The van der Waals surface area contributed by atoms with Crippen LogP contribution in [0.2, 0.25) is 0 Å². The highest BCUT2D eigenvalue weighted by molar-refractivity contribution is 5.58. The quantitative estimate of drug-likeness (QED) is 0.799. The minimum Gasteiger partial charge on any atom is -0.378 e. The van der Waals surface area contributed by atoms with Crippen LogP contribution < -0.4 is 4.90 Å². The lowest BCUT2D eigenvalue weighted by molar-refractivity contribution is 0.122. The van der Waals surface area contributed by atoms with Gasteiger partial charge in [-0.15, -0.1) is 0 Å². The van der Waals surface area contributed by atoms with Gasteiger partial charge >= 0.3 is 0 Å². The number of anilines is 1. The number of ether oxygens (including phenoxy) is 1. The van der Waals surface area contributed by atoms with Gasteiger partial charge in [-0.1, -0.05) is 46.8 Å². The molecule has 1 aliphatic rings. The second kappa shape index (κ2) is 5.54. The molecule has 0 aromatic heterocycles. The molecule has 0 spiro atoms. The third-order valence-electron chi connectivity index (χ3n) is 3.87. The fraction of sp³-hybridized carbons (Fsp3) is 0.647. The molecule has 1 heterocycles. The number of nitrogens with zero attached hydrogens (tertiary/aromatic N) is 1. The van der Waals surface area contributed by atoms with Crippen molar-refractivity contribution in [2.75, 3.05) is 31.2 Å². The van der Waals surface area contributed by atoms with Gasteiger partial charge in [0.1, 0.15) is 0 Å². The van der Waals surface area contributed by atoms with E-state index in [9.17, 15) is 0 Å². The number of hydrogen-bond acceptors (Lipinski definition) is 2. The summed E-state index contributed by atoms with van der Waals surface area (Å²) in [5.74, 6) is 0.562. The zero-order valence-electron chi connectivity index (χ0n) is 13.0. The van der Waals surface area contributed by atoms with Gasteiger partial charge in [0.05, 0.1) is 13.2 Å². The predicted molar refractivity (Wildman–Crippen MR) is 82.3 cm³/mol. The molecule has 1 saturated heterocycles. The molecule has 19 heavy (non-hydrogen) atoms. The smallest absolute Gasteiger partial charge is 0.0642 e. The van der Waals surface area contributed by atoms with Crippen molar-refractivity contribution in [2.24, 2.45) is 0 Å². The third-order valence-corrected chi connectivity index (χ3v) is 3.87. The van der Waals surface area contributed by atoms with Gasteiger partial charge in [-0.3, -0.25) is 0 Å². The summed E-state index contributed by atoms with van der Waals surface area (Å²) in [5, 5.41) is 0. The average molecular weight is 261 g/mol. The molecule has 0 bridgehead atoms. The Morgan fingerprint density at radius 3 is 2.26 bits per heavy atom. The summed E-state index contributed by atoms with van der Waals surface area (Å²) in [7, 11) is 0. The summed E-state index contributed by atoms with van der Waals surface area (Å²) in [4.78, 5) is 2.48. The van der Waals surface area contributed by atoms with E-state index in [1.807, 2.05) is 0 Å². The van der Waals surface area contributed by atoms with Crippen LogP contribution >= 0.6 is 0 Å². The van der Waals surface area contributed by atoms with Crippen molar-refractivity contribution >= 4 is 5.69 Å². The van der Waals surface area contributed by atoms with Crippen LogP contribution in [0.15, 0.2) is 18.2 Å². The van der Waals surface area contributed by atoms with Crippen LogP contribution in [0.3, 0.4) is 0 Å². The molecule has 0 radical (unpaired) electrons. The van der Waals surface area contributed by atoms with Gasteiger partial charge in [-0.05, 0) is 28.5 Å². The van der Waals surface area contributed by atoms with Crippen molar-refractivity contribution in [2.45, 2.75) is 46.0 Å². The Morgan fingerprint density at radius 1 is 1.11 bits per heavy atom. The largest absolute Gasteiger partial charge is 0.378 e. The molecule has 0 unspecified atom stereocenters. The van der Waals surface area contributed by atoms with Gasteiger partial charge in [0.2, 0.25) is 0 Å². The van der Waals surface area contributed by atoms with Gasteiger partial charge in [-0.2, -0.15) is 0 Å². The highest BCUT2D eigenvalue weighted by Crippen LogP contribution is 2.33. The van der Waals surface area contributed by atoms with Crippen molar-refractivity contribution in [1.82, 2.24) is 0 Å². The zero-order chi connectivity index (χ0) is 14.0. The van der Waals surface area contributed by atoms with Gasteiger partial charge < -0.3 is 9.64 Å². The van der Waals surface area contributed by atoms with Crippen LogP contribution in [0.5, 0.6) is 0 Å². The van der Waals surface area contributed by atoms with E-state index in [1.54, 1.807) is 0 Å². The fourth-order valence-corrected chi connectivity index (χ4v) is 2.58. The Kier molecular flexibility index (Phi) is 4.19. The average Bonchev–Trinajstić information content (AvgIpc) is 2.38. The Labute approximate surface area is 117 Å². The number of hydrogen-bond donors (Lipinski definition) is 0. The van der Waals surface area contributed by atoms with E-state index in [4.69, 9.17) is 4.74 Å². The molecular formula is C17H27NO. The Balaban J connectivity index is 2.41. The molecule has 1 fully saturated rings. The first-order chi connectivity index (χ1) is 8.89. The molecular weight excluding hydrogens is 234 g/mol. The Morgan fingerprint density at radius 2 is 1.74 bits per heavy atom. The second-order valence-electron chi connectivity index (χ2n) is 6.78. The van der Waals surface area contributed by atoms with E-state index >= 15 is 0 Å². The third kappa shape index (κ3) is 3.30. The molecule has 0 atom stereocenters. The van der Waals surface area contributed by atoms with Gasteiger partial charge in [0.15, 0.2) is 0 Å². The van der Waals surface area contributed by atoms with E-state index in [0.717, 1.165) is 26.3 Å². The first kappa shape index (κ1) is 14.4. The maximum Gasteiger partial charge on any atom is 0.0642 e. The summed E-state index contributed by atoms with van der Waals surface area (Å²) < 4.78 is 5.48. The monoisotopic (exact) mass is 261 g/mol. The lowest BCUT2D eigenvalue weighted by Crippen LogP contribution is -2.37. The molecule has 0 saturated carbocycles. The van der Waals surface area contributed by atoms with Gasteiger partial charge in [-0.25, -0.2) is 0 Å². The first-order valence-corrected chi connectivity index (χ1v) is 7.36. The lowest BCUT2D eigenvalue weighted by Gasteiger charge is -2.33. The van der Waals surface area contributed by atoms with Crippen LogP contribution in [0.4, 0.5) is 5.69 Å². The van der Waals surface area contributed by atoms with Crippen LogP contribution in [-0.4, -0.2) is 26.3 Å². The topological polar surface area (TPSA) is 12.5 Å². The maximum atomic E-state index is 5.48. The Hall–Kier alpha value is -1.02. The Bertz CT molecular complexity index is 425. The summed E-state index contributed by atoms with van der Waals surface area (Å²) in [5.41, 5.74) is 4.48. The van der Waals surface area contributed by atoms with Crippen LogP contribution in [0.1, 0.15) is 51.7 Å². The predicted octanol–water partition coefficient (Wildman–Crippen LogP) is 3.94. The van der Waals surface area contributed by atoms with Crippen molar-refractivity contribution < 1.29 is 4.74 Å². The number of rotatable bonds is 2. The van der Waals surface area contributed by atoms with Crippen molar-refractivity contribution in [1.29, 1.82) is 0 Å². The normalized spacial score (nSPS) is 17.1. The SMILES string of the molecule is CC(C)c1ccc(C(C)(C)C)cc1N1CCOCC1. The molecule has 0 N–H and O–H groups in total. The van der Waals surface area contributed by atoms with E-state index in [-0.39, 0.29) is 5.41 Å². The molecule has 2 heteroatoms. The standard InChI is InChI=1S/C17H27NO/c1-13(2)15-7-6-14(17(3,4)5)12-16(15)18-8-10-19-11-9-18/h6-7,12-13H,8-11H2,1-5H3. The molecule has 1 aromatic rings. The van der Waals surface area contributed by atoms with E-state index in [0.29, 0.717) is 5.92 Å². The highest BCUT2D eigenvalue weighted by atomic mass is 16.5. The molecule has 2 rings (SSSR count). The zero-order valence-corrected chi connectivity index (χ0v) is 13.0. The molecule has 0 aliphatic carbocycles. The summed E-state index contributed by atoms with van der Waals surface area (Å²) in [6.07, 6.45) is 0. The highest BCUT2D eigenvalue weighted by Gasteiger charge is 2.20. The molecule has 1 aliphatic heterocycles. The minimum absolute atomic E-state index is 0.205. The fourth-order valence-electron chi connectivity index (χ4n) is 2.58. The van der Waals surface area contributed by atoms with Crippen molar-refractivity contribution in [3.8, 4) is 0 Å². The summed E-state index contributed by atoms with van der Waals surface area (Å²) >= 11 is 0. The van der Waals surface area contributed by atoms with Crippen molar-refractivity contribution in [3.05, 3.63) is 29.3 Å². The van der Waals surface area contributed by atoms with Crippen molar-refractivity contribution in [3.63, 3.8) is 0 Å². The number of benzene rings is 1. The molecule has 0 amide bonds. The maximum absolute atomic E-state index is 5.48. The van der Waals surface area contributed by atoms with E-state index in [1.165, 1.54) is 16.8 Å². The van der Waals surface area contributed by atoms with E-state index < -0.39 is 0 Å². The minimum atomic E-state index is 0.205.